The summed E-state index contributed by atoms with van der Waals surface area (Å²) in [6, 6.07) is 0. The third-order valence-electron chi connectivity index (χ3n) is 1.90. The van der Waals surface area contributed by atoms with Gasteiger partial charge in [-0.2, -0.15) is 0 Å². The second kappa shape index (κ2) is 4.78. The van der Waals surface area contributed by atoms with Crippen molar-refractivity contribution in [2.24, 2.45) is 0 Å². The zero-order valence-corrected chi connectivity index (χ0v) is 9.19. The van der Waals surface area contributed by atoms with Gasteiger partial charge in [-0.1, -0.05) is 0 Å². The maximum atomic E-state index is 11.5. The molecule has 0 aliphatic heterocycles. The van der Waals surface area contributed by atoms with Crippen molar-refractivity contribution in [1.29, 1.82) is 0 Å². The number of rotatable bonds is 5. The van der Waals surface area contributed by atoms with Crippen LogP contribution in [0.5, 0.6) is 0 Å². The van der Waals surface area contributed by atoms with Crippen LogP contribution in [-0.4, -0.2) is 27.5 Å². The zero-order valence-electron chi connectivity index (χ0n) is 9.19. The van der Waals surface area contributed by atoms with Gasteiger partial charge in [0.25, 0.3) is 0 Å². The Hall–Kier alpha value is -1.85. The highest BCUT2D eigenvalue weighted by Crippen LogP contribution is 2.08. The van der Waals surface area contributed by atoms with Crippen LogP contribution in [0.15, 0.2) is 17.1 Å². The first kappa shape index (κ1) is 12.2. The number of hydrogen-bond donors (Lipinski definition) is 2. The molecule has 0 saturated heterocycles. The average Bonchev–Trinajstić information content (AvgIpc) is 2.51. The molecule has 1 aromatic heterocycles. The first-order chi connectivity index (χ1) is 7.39. The van der Waals surface area contributed by atoms with E-state index in [4.69, 9.17) is 9.52 Å². The summed E-state index contributed by atoms with van der Waals surface area (Å²) in [6.45, 7) is 3.31. The van der Waals surface area contributed by atoms with Crippen LogP contribution in [-0.2, 0) is 16.0 Å². The summed E-state index contributed by atoms with van der Waals surface area (Å²) >= 11 is 0. The zero-order chi connectivity index (χ0) is 12.2. The summed E-state index contributed by atoms with van der Waals surface area (Å²) in [5.41, 5.74) is -0.254. The standard InChI is InChI=1S/C10H14N2O4/c1-10(2,4-9(14)15)12-8(13)3-7-5-16-6-11-7/h5-6H,3-4H2,1-2H3,(H,12,13)(H,14,15). The molecule has 0 fully saturated rings. The predicted molar refractivity (Wildman–Crippen MR) is 54.7 cm³/mol. The van der Waals surface area contributed by atoms with E-state index in [0.29, 0.717) is 5.69 Å². The van der Waals surface area contributed by atoms with E-state index in [0.717, 1.165) is 0 Å². The lowest BCUT2D eigenvalue weighted by Crippen LogP contribution is -2.45. The smallest absolute Gasteiger partial charge is 0.305 e. The predicted octanol–water partition coefficient (Wildman–Crippen LogP) is 0.587. The lowest BCUT2D eigenvalue weighted by Gasteiger charge is -2.23. The van der Waals surface area contributed by atoms with Crippen LogP contribution in [0.25, 0.3) is 0 Å². The third-order valence-corrected chi connectivity index (χ3v) is 1.90. The van der Waals surface area contributed by atoms with Crippen LogP contribution in [0.4, 0.5) is 0 Å². The summed E-state index contributed by atoms with van der Waals surface area (Å²) in [6.07, 6.45) is 2.58. The number of oxazole rings is 1. The van der Waals surface area contributed by atoms with E-state index in [1.165, 1.54) is 12.7 Å². The molecule has 0 bridgehead atoms. The molecule has 0 atom stereocenters. The van der Waals surface area contributed by atoms with Crippen LogP contribution in [0.2, 0.25) is 0 Å². The molecule has 1 rings (SSSR count). The van der Waals surface area contributed by atoms with Crippen molar-refractivity contribution in [3.63, 3.8) is 0 Å². The third kappa shape index (κ3) is 4.12. The number of nitrogens with one attached hydrogen (secondary N) is 1. The fourth-order valence-electron chi connectivity index (χ4n) is 1.33. The maximum absolute atomic E-state index is 11.5. The minimum atomic E-state index is -0.952. The molecule has 88 valence electrons. The molecule has 2 N–H and O–H groups in total. The van der Waals surface area contributed by atoms with Crippen molar-refractivity contribution in [1.82, 2.24) is 10.3 Å². The number of carboxylic acids is 1. The summed E-state index contributed by atoms with van der Waals surface area (Å²) < 4.78 is 4.72. The Kier molecular flexibility index (Phi) is 3.65. The molecule has 0 radical (unpaired) electrons. The Labute approximate surface area is 92.7 Å². The quantitative estimate of drug-likeness (QED) is 0.766. The number of hydrogen-bond acceptors (Lipinski definition) is 4. The summed E-state index contributed by atoms with van der Waals surface area (Å²) in [4.78, 5) is 25.9. The van der Waals surface area contributed by atoms with E-state index in [2.05, 4.69) is 10.3 Å². The Morgan fingerprint density at radius 2 is 2.25 bits per heavy atom. The fourth-order valence-corrected chi connectivity index (χ4v) is 1.33. The lowest BCUT2D eigenvalue weighted by molar-refractivity contribution is -0.138. The molecule has 1 aromatic rings. The van der Waals surface area contributed by atoms with Crippen molar-refractivity contribution < 1.29 is 19.1 Å². The molecule has 0 aliphatic rings. The second-order valence-electron chi connectivity index (χ2n) is 4.16. The van der Waals surface area contributed by atoms with E-state index >= 15 is 0 Å². The van der Waals surface area contributed by atoms with E-state index in [-0.39, 0.29) is 18.7 Å². The number of carbonyl (C=O) groups is 2. The van der Waals surface area contributed by atoms with Gasteiger partial charge in [-0.05, 0) is 13.8 Å². The number of aromatic nitrogens is 1. The van der Waals surface area contributed by atoms with Crippen LogP contribution >= 0.6 is 0 Å². The molecule has 0 aliphatic carbocycles. The Balaban J connectivity index is 2.47. The van der Waals surface area contributed by atoms with Gasteiger partial charge in [-0.15, -0.1) is 0 Å². The van der Waals surface area contributed by atoms with Gasteiger partial charge in [0, 0.05) is 5.54 Å². The minimum absolute atomic E-state index is 0.0829. The van der Waals surface area contributed by atoms with E-state index < -0.39 is 11.5 Å². The monoisotopic (exact) mass is 226 g/mol. The normalized spacial score (nSPS) is 11.1. The highest BCUT2D eigenvalue weighted by atomic mass is 16.4. The highest BCUT2D eigenvalue weighted by molar-refractivity contribution is 5.79. The van der Waals surface area contributed by atoms with Gasteiger partial charge in [0.05, 0.1) is 18.5 Å². The molecular formula is C10H14N2O4. The minimum Gasteiger partial charge on any atom is -0.481 e. The van der Waals surface area contributed by atoms with Gasteiger partial charge in [-0.25, -0.2) is 4.98 Å². The largest absolute Gasteiger partial charge is 0.481 e. The Bertz CT molecular complexity index is 370. The molecular weight excluding hydrogens is 212 g/mol. The molecule has 0 spiro atoms. The molecule has 0 saturated carbocycles. The van der Waals surface area contributed by atoms with Crippen LogP contribution in [0.1, 0.15) is 26.0 Å². The average molecular weight is 226 g/mol. The topological polar surface area (TPSA) is 92.4 Å². The van der Waals surface area contributed by atoms with Crippen LogP contribution in [0.3, 0.4) is 0 Å². The van der Waals surface area contributed by atoms with Crippen molar-refractivity contribution in [2.75, 3.05) is 0 Å². The van der Waals surface area contributed by atoms with Crippen molar-refractivity contribution in [3.8, 4) is 0 Å². The second-order valence-corrected chi connectivity index (χ2v) is 4.16. The van der Waals surface area contributed by atoms with E-state index in [1.54, 1.807) is 13.8 Å². The molecule has 1 heterocycles. The van der Waals surface area contributed by atoms with E-state index in [1.807, 2.05) is 0 Å². The number of aliphatic carboxylic acids is 1. The lowest BCUT2D eigenvalue weighted by atomic mass is 10.0. The maximum Gasteiger partial charge on any atom is 0.305 e. The molecule has 16 heavy (non-hydrogen) atoms. The van der Waals surface area contributed by atoms with E-state index in [9.17, 15) is 9.59 Å². The van der Waals surface area contributed by atoms with Crippen molar-refractivity contribution in [3.05, 3.63) is 18.4 Å². The van der Waals surface area contributed by atoms with Gasteiger partial charge >= 0.3 is 5.97 Å². The van der Waals surface area contributed by atoms with Crippen LogP contribution < -0.4 is 5.32 Å². The number of nitrogens with zero attached hydrogens (tertiary/aromatic N) is 1. The molecule has 0 aromatic carbocycles. The molecule has 6 heteroatoms. The summed E-state index contributed by atoms with van der Waals surface area (Å²) in [5.74, 6) is -1.23. The van der Waals surface area contributed by atoms with Gasteiger partial charge in [-0.3, -0.25) is 9.59 Å². The number of carboxylic acid groups (broad SMARTS) is 1. The van der Waals surface area contributed by atoms with Gasteiger partial charge in [0.15, 0.2) is 6.39 Å². The first-order valence-electron chi connectivity index (χ1n) is 4.79. The Morgan fingerprint density at radius 1 is 1.56 bits per heavy atom. The molecule has 0 unspecified atom stereocenters. The summed E-state index contributed by atoms with van der Waals surface area (Å²) in [5, 5.41) is 11.3. The first-order valence-corrected chi connectivity index (χ1v) is 4.79. The summed E-state index contributed by atoms with van der Waals surface area (Å²) in [7, 11) is 0. The van der Waals surface area contributed by atoms with Gasteiger partial charge < -0.3 is 14.8 Å². The Morgan fingerprint density at radius 3 is 2.75 bits per heavy atom. The SMILES string of the molecule is CC(C)(CC(=O)O)NC(=O)Cc1cocn1. The number of amides is 1. The van der Waals surface area contributed by atoms with Gasteiger partial charge in [0.1, 0.15) is 6.26 Å². The van der Waals surface area contributed by atoms with Gasteiger partial charge in [0.2, 0.25) is 5.91 Å². The van der Waals surface area contributed by atoms with Crippen LogP contribution in [0, 0.1) is 0 Å². The van der Waals surface area contributed by atoms with Crippen molar-refractivity contribution >= 4 is 11.9 Å². The molecule has 6 nitrogen and oxygen atoms in total. The highest BCUT2D eigenvalue weighted by Gasteiger charge is 2.23. The van der Waals surface area contributed by atoms with Crippen molar-refractivity contribution in [2.45, 2.75) is 32.2 Å². The number of carbonyl (C=O) groups excluding carboxylic acids is 1. The molecule has 1 amide bonds. The fraction of sp³-hybridized carbons (Fsp3) is 0.500.